The molecule has 29 heavy (non-hydrogen) atoms. The van der Waals surface area contributed by atoms with Crippen LogP contribution in [0.2, 0.25) is 0 Å². The van der Waals surface area contributed by atoms with E-state index in [2.05, 4.69) is 38.0 Å². The van der Waals surface area contributed by atoms with Crippen molar-refractivity contribution in [3.05, 3.63) is 17.5 Å². The topological polar surface area (TPSA) is 42.9 Å². The monoisotopic (exact) mass is 431 g/mol. The number of likely N-dealkylation sites (tertiary alicyclic amines) is 1. The number of piperidine rings is 2. The van der Waals surface area contributed by atoms with Crippen LogP contribution in [0.25, 0.3) is 0 Å². The SMILES string of the molecule is CN=C(NCCC1CCN(CC(F)(F)F)CC1)NC1CCN(c2cccs2)CC1. The number of hydrogen-bond donors (Lipinski definition) is 2. The molecule has 2 saturated heterocycles. The molecule has 0 aliphatic carbocycles. The second-order valence-corrected chi connectivity index (χ2v) is 8.91. The van der Waals surface area contributed by atoms with E-state index >= 15 is 0 Å². The summed E-state index contributed by atoms with van der Waals surface area (Å²) in [7, 11) is 1.78. The van der Waals surface area contributed by atoms with E-state index in [1.807, 2.05) is 0 Å². The molecule has 3 heterocycles. The number of nitrogens with zero attached hydrogens (tertiary/aromatic N) is 3. The number of alkyl halides is 3. The highest BCUT2D eigenvalue weighted by atomic mass is 32.1. The lowest BCUT2D eigenvalue weighted by Crippen LogP contribution is -2.49. The molecule has 2 aliphatic rings. The molecular formula is C20H32F3N5S. The van der Waals surface area contributed by atoms with Gasteiger partial charge in [0.05, 0.1) is 11.5 Å². The highest BCUT2D eigenvalue weighted by Crippen LogP contribution is 2.25. The van der Waals surface area contributed by atoms with Gasteiger partial charge in [-0.25, -0.2) is 0 Å². The fourth-order valence-corrected chi connectivity index (χ4v) is 4.95. The lowest BCUT2D eigenvalue weighted by molar-refractivity contribution is -0.148. The Morgan fingerprint density at radius 2 is 1.90 bits per heavy atom. The molecule has 0 atom stereocenters. The van der Waals surface area contributed by atoms with Gasteiger partial charge < -0.3 is 15.5 Å². The molecule has 164 valence electrons. The molecule has 2 N–H and O–H groups in total. The van der Waals surface area contributed by atoms with Gasteiger partial charge in [-0.2, -0.15) is 13.2 Å². The average Bonchev–Trinajstić information content (AvgIpc) is 3.23. The first-order valence-corrected chi connectivity index (χ1v) is 11.4. The Balaban J connectivity index is 1.30. The lowest BCUT2D eigenvalue weighted by atomic mass is 9.93. The smallest absolute Gasteiger partial charge is 0.363 e. The van der Waals surface area contributed by atoms with Crippen LogP contribution in [0, 0.1) is 5.92 Å². The summed E-state index contributed by atoms with van der Waals surface area (Å²) in [6.45, 7) is 3.20. The summed E-state index contributed by atoms with van der Waals surface area (Å²) in [6, 6.07) is 4.69. The number of guanidine groups is 1. The molecular weight excluding hydrogens is 399 g/mol. The Labute approximate surface area is 175 Å². The van der Waals surface area contributed by atoms with Crippen LogP contribution in [0.4, 0.5) is 18.2 Å². The summed E-state index contributed by atoms with van der Waals surface area (Å²) in [5.74, 6) is 1.31. The van der Waals surface area contributed by atoms with E-state index < -0.39 is 12.7 Å². The highest BCUT2D eigenvalue weighted by Gasteiger charge is 2.32. The van der Waals surface area contributed by atoms with Gasteiger partial charge in [0.15, 0.2) is 5.96 Å². The fraction of sp³-hybridized carbons (Fsp3) is 0.750. The third kappa shape index (κ3) is 7.37. The first kappa shape index (κ1) is 22.2. The third-order valence-corrected chi connectivity index (χ3v) is 6.76. The van der Waals surface area contributed by atoms with E-state index in [1.54, 1.807) is 18.4 Å². The highest BCUT2D eigenvalue weighted by molar-refractivity contribution is 7.14. The second-order valence-electron chi connectivity index (χ2n) is 7.98. The summed E-state index contributed by atoms with van der Waals surface area (Å²) in [6.07, 6.45) is 0.715. The summed E-state index contributed by atoms with van der Waals surface area (Å²) in [5, 5.41) is 10.4. The predicted molar refractivity (Wildman–Crippen MR) is 114 cm³/mol. The van der Waals surface area contributed by atoms with E-state index in [0.29, 0.717) is 25.0 Å². The Morgan fingerprint density at radius 3 is 2.48 bits per heavy atom. The van der Waals surface area contributed by atoms with Crippen LogP contribution in [0.5, 0.6) is 0 Å². The van der Waals surface area contributed by atoms with Crippen LogP contribution in [-0.4, -0.2) is 69.4 Å². The molecule has 9 heteroatoms. The van der Waals surface area contributed by atoms with Crippen LogP contribution >= 0.6 is 11.3 Å². The number of nitrogens with one attached hydrogen (secondary N) is 2. The molecule has 0 amide bonds. The van der Waals surface area contributed by atoms with Crippen molar-refractivity contribution in [2.24, 2.45) is 10.9 Å². The van der Waals surface area contributed by atoms with E-state index in [-0.39, 0.29) is 0 Å². The molecule has 0 saturated carbocycles. The van der Waals surface area contributed by atoms with Gasteiger partial charge in [0.25, 0.3) is 0 Å². The number of thiophene rings is 1. The van der Waals surface area contributed by atoms with Crippen molar-refractivity contribution in [2.75, 3.05) is 51.2 Å². The maximum Gasteiger partial charge on any atom is 0.401 e. The quantitative estimate of drug-likeness (QED) is 0.534. The van der Waals surface area contributed by atoms with Gasteiger partial charge in [-0.1, -0.05) is 0 Å². The molecule has 2 aliphatic heterocycles. The van der Waals surface area contributed by atoms with Crippen molar-refractivity contribution in [1.82, 2.24) is 15.5 Å². The number of aliphatic imine (C=N–C) groups is 1. The zero-order valence-corrected chi connectivity index (χ0v) is 17.9. The fourth-order valence-electron chi connectivity index (χ4n) is 4.16. The number of anilines is 1. The van der Waals surface area contributed by atoms with Gasteiger partial charge in [0, 0.05) is 32.7 Å². The Morgan fingerprint density at radius 1 is 1.17 bits per heavy atom. The Bertz CT molecular complexity index is 619. The van der Waals surface area contributed by atoms with E-state index in [1.165, 1.54) is 9.90 Å². The summed E-state index contributed by atoms with van der Waals surface area (Å²) >= 11 is 1.79. The van der Waals surface area contributed by atoms with Crippen molar-refractivity contribution in [1.29, 1.82) is 0 Å². The molecule has 0 aromatic carbocycles. The van der Waals surface area contributed by atoms with Crippen molar-refractivity contribution < 1.29 is 13.2 Å². The zero-order valence-electron chi connectivity index (χ0n) is 17.0. The maximum absolute atomic E-state index is 12.5. The molecule has 1 aromatic heterocycles. The second kappa shape index (κ2) is 10.5. The first-order valence-electron chi connectivity index (χ1n) is 10.5. The van der Waals surface area contributed by atoms with Crippen LogP contribution < -0.4 is 15.5 Å². The first-order chi connectivity index (χ1) is 13.9. The average molecular weight is 432 g/mol. The van der Waals surface area contributed by atoms with Crippen LogP contribution in [0.1, 0.15) is 32.1 Å². The van der Waals surface area contributed by atoms with Gasteiger partial charge in [0.2, 0.25) is 0 Å². The minimum atomic E-state index is -4.09. The van der Waals surface area contributed by atoms with Crippen LogP contribution in [0.15, 0.2) is 22.5 Å². The summed E-state index contributed by atoms with van der Waals surface area (Å²) in [5.41, 5.74) is 0. The molecule has 2 fully saturated rings. The predicted octanol–water partition coefficient (Wildman–Crippen LogP) is 3.55. The molecule has 3 rings (SSSR count). The van der Waals surface area contributed by atoms with Crippen LogP contribution in [0.3, 0.4) is 0 Å². The van der Waals surface area contributed by atoms with E-state index in [4.69, 9.17) is 0 Å². The van der Waals surface area contributed by atoms with Gasteiger partial charge in [-0.15, -0.1) is 11.3 Å². The van der Waals surface area contributed by atoms with E-state index in [9.17, 15) is 13.2 Å². The summed E-state index contributed by atoms with van der Waals surface area (Å²) in [4.78, 5) is 8.29. The Hall–Kier alpha value is -1.48. The standard InChI is InChI=1S/C20H32F3N5S/c1-24-19(26-17-7-12-28(13-8-17)18-3-2-14-29-18)25-9-4-16-5-10-27(11-6-16)15-20(21,22)23/h2-3,14,16-17H,4-13,15H2,1H3,(H2,24,25,26). The number of hydrogen-bond acceptors (Lipinski definition) is 4. The summed E-state index contributed by atoms with van der Waals surface area (Å²) < 4.78 is 37.4. The van der Waals surface area contributed by atoms with Gasteiger partial charge >= 0.3 is 6.18 Å². The molecule has 0 radical (unpaired) electrons. The van der Waals surface area contributed by atoms with Crippen LogP contribution in [-0.2, 0) is 0 Å². The molecule has 1 aromatic rings. The van der Waals surface area contributed by atoms with Crippen molar-refractivity contribution in [3.8, 4) is 0 Å². The largest absolute Gasteiger partial charge is 0.401 e. The minimum absolute atomic E-state index is 0.419. The molecule has 5 nitrogen and oxygen atoms in total. The normalized spacial score (nSPS) is 20.8. The molecule has 0 bridgehead atoms. The third-order valence-electron chi connectivity index (χ3n) is 5.83. The zero-order chi connectivity index (χ0) is 20.7. The lowest BCUT2D eigenvalue weighted by Gasteiger charge is -2.34. The van der Waals surface area contributed by atoms with Gasteiger partial charge in [-0.05, 0) is 68.6 Å². The number of rotatable bonds is 6. The van der Waals surface area contributed by atoms with Gasteiger partial charge in [0.1, 0.15) is 0 Å². The van der Waals surface area contributed by atoms with Gasteiger partial charge in [-0.3, -0.25) is 9.89 Å². The minimum Gasteiger partial charge on any atom is -0.363 e. The van der Waals surface area contributed by atoms with Crippen molar-refractivity contribution in [3.63, 3.8) is 0 Å². The van der Waals surface area contributed by atoms with Crippen molar-refractivity contribution in [2.45, 2.75) is 44.3 Å². The number of halogens is 3. The maximum atomic E-state index is 12.5. The van der Waals surface area contributed by atoms with E-state index in [0.717, 1.165) is 57.7 Å². The Kier molecular flexibility index (Phi) is 8.06. The van der Waals surface area contributed by atoms with Crippen molar-refractivity contribution >= 4 is 22.3 Å². The molecule has 0 unspecified atom stereocenters. The molecule has 0 spiro atoms.